The van der Waals surface area contributed by atoms with E-state index in [-0.39, 0.29) is 41.9 Å². The number of carbonyl (C=O) groups is 2. The van der Waals surface area contributed by atoms with Crippen molar-refractivity contribution in [3.8, 4) is 0 Å². The van der Waals surface area contributed by atoms with Gasteiger partial charge in [0.15, 0.2) is 0 Å². The Labute approximate surface area is 120 Å². The van der Waals surface area contributed by atoms with Crippen LogP contribution in [0.5, 0.6) is 0 Å². The molecular weight excluding hydrogens is 278 g/mol. The molecule has 0 radical (unpaired) electrons. The van der Waals surface area contributed by atoms with Crippen LogP contribution in [-0.2, 0) is 4.79 Å². The van der Waals surface area contributed by atoms with Gasteiger partial charge in [0, 0.05) is 25.1 Å². The van der Waals surface area contributed by atoms with E-state index in [9.17, 15) is 19.7 Å². The molecule has 1 saturated carbocycles. The van der Waals surface area contributed by atoms with Crippen molar-refractivity contribution >= 4 is 23.3 Å². The molecule has 0 bridgehead atoms. The molecule has 112 valence electrons. The maximum atomic E-state index is 11.5. The highest BCUT2D eigenvalue weighted by atomic mass is 16.6. The summed E-state index contributed by atoms with van der Waals surface area (Å²) in [7, 11) is 0. The van der Waals surface area contributed by atoms with E-state index in [1.807, 2.05) is 0 Å². The summed E-state index contributed by atoms with van der Waals surface area (Å²) in [6.07, 6.45) is 2.21. The van der Waals surface area contributed by atoms with Crippen LogP contribution in [0, 0.1) is 10.1 Å². The Bertz CT molecular complexity index is 583. The van der Waals surface area contributed by atoms with Crippen LogP contribution < -0.4 is 10.6 Å². The Hall–Kier alpha value is -2.64. The zero-order valence-corrected chi connectivity index (χ0v) is 11.2. The molecule has 8 nitrogen and oxygen atoms in total. The normalized spacial score (nSPS) is 13.5. The van der Waals surface area contributed by atoms with Gasteiger partial charge in [-0.3, -0.25) is 14.9 Å². The number of nitro groups is 1. The average molecular weight is 293 g/mol. The Balaban J connectivity index is 1.96. The largest absolute Gasteiger partial charge is 0.478 e. The number of benzene rings is 1. The number of hydrogen-bond acceptors (Lipinski definition) is 5. The second-order valence-electron chi connectivity index (χ2n) is 4.81. The van der Waals surface area contributed by atoms with Gasteiger partial charge in [0.2, 0.25) is 5.91 Å². The molecule has 1 aromatic rings. The smallest absolute Gasteiger partial charge is 0.335 e. The van der Waals surface area contributed by atoms with Crippen LogP contribution in [0.25, 0.3) is 0 Å². The molecule has 1 aliphatic rings. The number of nitro benzene ring substituents is 1. The predicted octanol–water partition coefficient (Wildman–Crippen LogP) is 1.37. The Kier molecular flexibility index (Phi) is 4.36. The highest BCUT2D eigenvalue weighted by molar-refractivity contribution is 5.89. The summed E-state index contributed by atoms with van der Waals surface area (Å²) in [4.78, 5) is 32.6. The lowest BCUT2D eigenvalue weighted by atomic mass is 10.1. The van der Waals surface area contributed by atoms with Crippen LogP contribution in [0.2, 0.25) is 0 Å². The van der Waals surface area contributed by atoms with Gasteiger partial charge in [-0.15, -0.1) is 0 Å². The number of anilines is 1. The Morgan fingerprint density at radius 3 is 2.67 bits per heavy atom. The van der Waals surface area contributed by atoms with Gasteiger partial charge >= 0.3 is 5.97 Å². The lowest BCUT2D eigenvalue weighted by molar-refractivity contribution is -0.384. The molecule has 3 N–H and O–H groups in total. The van der Waals surface area contributed by atoms with E-state index in [1.165, 1.54) is 12.1 Å². The number of carboxylic acid groups (broad SMARTS) is 1. The zero-order chi connectivity index (χ0) is 15.4. The topological polar surface area (TPSA) is 122 Å². The Morgan fingerprint density at radius 2 is 2.10 bits per heavy atom. The lowest BCUT2D eigenvalue weighted by Crippen LogP contribution is -2.27. The fourth-order valence-corrected chi connectivity index (χ4v) is 1.80. The van der Waals surface area contributed by atoms with E-state index in [0.29, 0.717) is 0 Å². The van der Waals surface area contributed by atoms with Crippen molar-refractivity contribution in [2.45, 2.75) is 25.3 Å². The van der Waals surface area contributed by atoms with Crippen LogP contribution >= 0.6 is 0 Å². The van der Waals surface area contributed by atoms with Crippen LogP contribution in [0.3, 0.4) is 0 Å². The van der Waals surface area contributed by atoms with Crippen molar-refractivity contribution in [1.29, 1.82) is 0 Å². The van der Waals surface area contributed by atoms with E-state index in [4.69, 9.17) is 5.11 Å². The van der Waals surface area contributed by atoms with Crippen molar-refractivity contribution < 1.29 is 19.6 Å². The van der Waals surface area contributed by atoms with Gasteiger partial charge in [-0.25, -0.2) is 4.79 Å². The number of nitrogens with zero attached hydrogens (tertiary/aromatic N) is 1. The second kappa shape index (κ2) is 6.21. The highest BCUT2D eigenvalue weighted by Gasteiger charge is 2.23. The molecule has 1 aliphatic carbocycles. The number of aromatic carboxylic acids is 1. The van der Waals surface area contributed by atoms with Crippen LogP contribution in [0.1, 0.15) is 29.6 Å². The van der Waals surface area contributed by atoms with E-state index >= 15 is 0 Å². The third-order valence-corrected chi connectivity index (χ3v) is 3.05. The molecule has 0 saturated heterocycles. The first-order chi connectivity index (χ1) is 9.97. The van der Waals surface area contributed by atoms with Crippen LogP contribution in [0.15, 0.2) is 18.2 Å². The minimum absolute atomic E-state index is 0.102. The highest BCUT2D eigenvalue weighted by Crippen LogP contribution is 2.25. The van der Waals surface area contributed by atoms with Gasteiger partial charge in [0.05, 0.1) is 10.5 Å². The number of hydrogen-bond donors (Lipinski definition) is 3. The summed E-state index contributed by atoms with van der Waals surface area (Å²) < 4.78 is 0. The zero-order valence-electron chi connectivity index (χ0n) is 11.2. The summed E-state index contributed by atoms with van der Waals surface area (Å²) in [6, 6.07) is 3.89. The fraction of sp³-hybridized carbons (Fsp3) is 0.385. The number of carbonyl (C=O) groups excluding carboxylic acids is 1. The summed E-state index contributed by atoms with van der Waals surface area (Å²) in [5.74, 6) is -1.33. The van der Waals surface area contributed by atoms with Gasteiger partial charge < -0.3 is 15.7 Å². The van der Waals surface area contributed by atoms with Crippen LogP contribution in [-0.4, -0.2) is 34.5 Å². The summed E-state index contributed by atoms with van der Waals surface area (Å²) in [5.41, 5.74) is -0.277. The first-order valence-electron chi connectivity index (χ1n) is 6.52. The predicted molar refractivity (Wildman–Crippen MR) is 74.3 cm³/mol. The first-order valence-corrected chi connectivity index (χ1v) is 6.52. The molecule has 0 atom stereocenters. The van der Waals surface area contributed by atoms with Crippen molar-refractivity contribution in [2.75, 3.05) is 11.9 Å². The molecule has 0 aromatic heterocycles. The molecule has 1 aromatic carbocycles. The minimum Gasteiger partial charge on any atom is -0.478 e. The molecule has 1 fully saturated rings. The van der Waals surface area contributed by atoms with E-state index in [2.05, 4.69) is 10.6 Å². The minimum atomic E-state index is -1.23. The monoisotopic (exact) mass is 293 g/mol. The van der Waals surface area contributed by atoms with Crippen molar-refractivity contribution in [1.82, 2.24) is 5.32 Å². The SMILES string of the molecule is O=C(CCNc1ccc(C(=O)O)cc1[N+](=O)[O-])NC1CC1. The molecule has 21 heavy (non-hydrogen) atoms. The van der Waals surface area contributed by atoms with Crippen molar-refractivity contribution in [3.05, 3.63) is 33.9 Å². The van der Waals surface area contributed by atoms with Gasteiger partial charge in [-0.05, 0) is 25.0 Å². The maximum absolute atomic E-state index is 11.5. The van der Waals surface area contributed by atoms with Crippen molar-refractivity contribution in [2.24, 2.45) is 0 Å². The summed E-state index contributed by atoms with van der Waals surface area (Å²) in [5, 5.41) is 25.4. The Morgan fingerprint density at radius 1 is 1.38 bits per heavy atom. The van der Waals surface area contributed by atoms with Gasteiger partial charge in [0.1, 0.15) is 5.69 Å². The third kappa shape index (κ3) is 4.16. The number of rotatable bonds is 7. The molecule has 2 rings (SSSR count). The molecule has 0 heterocycles. The second-order valence-corrected chi connectivity index (χ2v) is 4.81. The maximum Gasteiger partial charge on any atom is 0.335 e. The number of amides is 1. The lowest BCUT2D eigenvalue weighted by Gasteiger charge is -2.08. The first kappa shape index (κ1) is 14.8. The van der Waals surface area contributed by atoms with Crippen LogP contribution in [0.4, 0.5) is 11.4 Å². The molecule has 0 spiro atoms. The molecule has 1 amide bonds. The average Bonchev–Trinajstić information content (AvgIpc) is 3.22. The number of carboxylic acids is 1. The standard InChI is InChI=1S/C13H15N3O5/c17-12(15-9-2-3-9)5-6-14-10-4-1-8(13(18)19)7-11(10)16(20)21/h1,4,7,9,14H,2-3,5-6H2,(H,15,17)(H,18,19). The van der Waals surface area contributed by atoms with E-state index in [1.54, 1.807) is 0 Å². The van der Waals surface area contributed by atoms with Crippen molar-refractivity contribution in [3.63, 3.8) is 0 Å². The third-order valence-electron chi connectivity index (χ3n) is 3.05. The molecule has 0 unspecified atom stereocenters. The summed E-state index contributed by atoms with van der Waals surface area (Å²) >= 11 is 0. The quantitative estimate of drug-likeness (QED) is 0.515. The summed E-state index contributed by atoms with van der Waals surface area (Å²) in [6.45, 7) is 0.242. The van der Waals surface area contributed by atoms with Gasteiger partial charge in [-0.1, -0.05) is 0 Å². The molecule has 8 heteroatoms. The van der Waals surface area contributed by atoms with E-state index in [0.717, 1.165) is 18.9 Å². The fourth-order valence-electron chi connectivity index (χ4n) is 1.80. The van der Waals surface area contributed by atoms with Gasteiger partial charge in [0.25, 0.3) is 5.69 Å². The number of nitrogens with one attached hydrogen (secondary N) is 2. The van der Waals surface area contributed by atoms with E-state index < -0.39 is 10.9 Å². The molecule has 0 aliphatic heterocycles. The van der Waals surface area contributed by atoms with Gasteiger partial charge in [-0.2, -0.15) is 0 Å². The molecular formula is C13H15N3O5.